The van der Waals surface area contributed by atoms with E-state index in [0.717, 1.165) is 51.3 Å². The van der Waals surface area contributed by atoms with Crippen LogP contribution in [0.1, 0.15) is 32.5 Å². The van der Waals surface area contributed by atoms with Gasteiger partial charge in [0.25, 0.3) is 5.91 Å². The Hall–Kier alpha value is -3.90. The van der Waals surface area contributed by atoms with E-state index in [-0.39, 0.29) is 12.1 Å². The molecule has 0 bridgehead atoms. The lowest BCUT2D eigenvalue weighted by Crippen LogP contribution is -2.37. The number of amides is 1. The van der Waals surface area contributed by atoms with Gasteiger partial charge in [-0.2, -0.15) is 0 Å². The summed E-state index contributed by atoms with van der Waals surface area (Å²) in [5.41, 5.74) is 7.54. The van der Waals surface area contributed by atoms with E-state index in [2.05, 4.69) is 34.9 Å². The zero-order chi connectivity index (χ0) is 21.9. The van der Waals surface area contributed by atoms with Crippen LogP contribution >= 0.6 is 11.3 Å². The molecule has 1 atom stereocenters. The van der Waals surface area contributed by atoms with E-state index in [9.17, 15) is 4.79 Å². The zero-order valence-corrected chi connectivity index (χ0v) is 18.4. The predicted octanol–water partition coefficient (Wildman–Crippen LogP) is 6.18. The maximum absolute atomic E-state index is 13.2. The number of hydrogen-bond acceptors (Lipinski definition) is 5. The molecule has 3 aromatic heterocycles. The number of thiophene rings is 1. The number of hydrogen-bond donors (Lipinski definition) is 2. The third kappa shape index (κ3) is 2.77. The number of pyridine rings is 1. The van der Waals surface area contributed by atoms with Crippen LogP contribution in [0.5, 0.6) is 0 Å². The molecule has 2 N–H and O–H groups in total. The van der Waals surface area contributed by atoms with Gasteiger partial charge in [-0.1, -0.05) is 54.6 Å². The average Bonchev–Trinajstić information content (AvgIpc) is 3.52. The van der Waals surface area contributed by atoms with E-state index < -0.39 is 0 Å². The van der Waals surface area contributed by atoms with Crippen LogP contribution in [-0.2, 0) is 12.8 Å². The first-order chi connectivity index (χ1) is 16.3. The number of benzene rings is 2. The Morgan fingerprint density at radius 1 is 0.939 bits per heavy atom. The molecule has 0 radical (unpaired) electrons. The third-order valence-corrected chi connectivity index (χ3v) is 7.61. The number of aromatic nitrogens is 1. The highest BCUT2D eigenvalue weighted by Crippen LogP contribution is 2.49. The summed E-state index contributed by atoms with van der Waals surface area (Å²) >= 11 is 1.44. The summed E-state index contributed by atoms with van der Waals surface area (Å²) in [5, 5.41) is 7.66. The van der Waals surface area contributed by atoms with E-state index in [1.54, 1.807) is 6.26 Å². The van der Waals surface area contributed by atoms with E-state index in [0.29, 0.717) is 4.88 Å². The number of nitrogens with one attached hydrogen (secondary N) is 2. The number of nitrogens with zero attached hydrogens (tertiary/aromatic N) is 1. The number of rotatable bonds is 2. The highest BCUT2D eigenvalue weighted by molar-refractivity contribution is 7.21. The number of anilines is 1. The van der Waals surface area contributed by atoms with Crippen molar-refractivity contribution in [2.75, 3.05) is 5.32 Å². The first-order valence-electron chi connectivity index (χ1n) is 11.0. The Morgan fingerprint density at radius 2 is 1.79 bits per heavy atom. The van der Waals surface area contributed by atoms with Crippen LogP contribution in [0, 0.1) is 0 Å². The fourth-order valence-corrected chi connectivity index (χ4v) is 6.09. The number of carbonyl (C=O) groups is 1. The van der Waals surface area contributed by atoms with Crippen LogP contribution in [0.15, 0.2) is 77.4 Å². The molecule has 0 spiro atoms. The number of carbonyl (C=O) groups excluding carboxylic acids is 1. The molecule has 0 fully saturated rings. The quantitative estimate of drug-likeness (QED) is 0.338. The van der Waals surface area contributed by atoms with Gasteiger partial charge in [-0.15, -0.1) is 11.3 Å². The van der Waals surface area contributed by atoms with Gasteiger partial charge in [0.1, 0.15) is 21.6 Å². The fraction of sp³-hybridized carbons (Fsp3) is 0.111. The predicted molar refractivity (Wildman–Crippen MR) is 130 cm³/mol. The van der Waals surface area contributed by atoms with Crippen LogP contribution in [-0.4, -0.2) is 10.9 Å². The second-order valence-electron chi connectivity index (χ2n) is 8.40. The first-order valence-corrected chi connectivity index (χ1v) is 11.8. The van der Waals surface area contributed by atoms with Gasteiger partial charge in [0, 0.05) is 16.5 Å². The molecule has 5 nitrogen and oxygen atoms in total. The summed E-state index contributed by atoms with van der Waals surface area (Å²) in [6.45, 7) is 0. The normalized spacial score (nSPS) is 16.5. The van der Waals surface area contributed by atoms with Crippen molar-refractivity contribution in [1.29, 1.82) is 0 Å². The van der Waals surface area contributed by atoms with Crippen molar-refractivity contribution < 1.29 is 9.21 Å². The Balaban J connectivity index is 1.52. The van der Waals surface area contributed by atoms with Crippen molar-refractivity contribution in [2.24, 2.45) is 0 Å². The smallest absolute Gasteiger partial charge is 0.265 e. The molecule has 2 aliphatic rings. The van der Waals surface area contributed by atoms with Gasteiger partial charge in [-0.3, -0.25) is 4.79 Å². The molecule has 6 heteroatoms. The van der Waals surface area contributed by atoms with Crippen LogP contribution in [0.3, 0.4) is 0 Å². The molecule has 0 saturated heterocycles. The Kier molecular flexibility index (Phi) is 3.98. The molecule has 160 valence electrons. The van der Waals surface area contributed by atoms with Gasteiger partial charge in [-0.05, 0) is 41.7 Å². The van der Waals surface area contributed by atoms with E-state index in [1.807, 2.05) is 42.5 Å². The first kappa shape index (κ1) is 18.7. The molecule has 33 heavy (non-hydrogen) atoms. The van der Waals surface area contributed by atoms with Crippen molar-refractivity contribution in [1.82, 2.24) is 10.3 Å². The highest BCUT2D eigenvalue weighted by atomic mass is 32.1. The monoisotopic (exact) mass is 449 g/mol. The minimum absolute atomic E-state index is 0.0793. The average molecular weight is 450 g/mol. The minimum Gasteiger partial charge on any atom is -0.464 e. The SMILES string of the molecule is O=C1NC(c2ccccc2)Nc2c1sc1nc3c(c(-c4ccco4)c21)CCc1ccccc1-3. The molecule has 1 unspecified atom stereocenters. The Labute approximate surface area is 194 Å². The van der Waals surface area contributed by atoms with Gasteiger partial charge < -0.3 is 15.1 Å². The highest BCUT2D eigenvalue weighted by Gasteiger charge is 2.33. The zero-order valence-electron chi connectivity index (χ0n) is 17.6. The molecular weight excluding hydrogens is 430 g/mol. The molecule has 0 saturated carbocycles. The summed E-state index contributed by atoms with van der Waals surface area (Å²) in [6.07, 6.45) is 3.24. The molecule has 1 aliphatic heterocycles. The van der Waals surface area contributed by atoms with E-state index in [1.165, 1.54) is 28.0 Å². The van der Waals surface area contributed by atoms with Gasteiger partial charge in [0.2, 0.25) is 0 Å². The van der Waals surface area contributed by atoms with Gasteiger partial charge in [0.15, 0.2) is 0 Å². The number of furan rings is 1. The summed E-state index contributed by atoms with van der Waals surface area (Å²) < 4.78 is 5.93. The lowest BCUT2D eigenvalue weighted by molar-refractivity contribution is 0.0940. The number of aryl methyl sites for hydroxylation is 1. The second-order valence-corrected chi connectivity index (χ2v) is 9.40. The Bertz CT molecular complexity index is 1540. The lowest BCUT2D eigenvalue weighted by Gasteiger charge is -2.27. The van der Waals surface area contributed by atoms with Crippen molar-refractivity contribution in [3.8, 4) is 22.6 Å². The minimum atomic E-state index is -0.301. The third-order valence-electron chi connectivity index (χ3n) is 6.53. The van der Waals surface area contributed by atoms with Crippen molar-refractivity contribution >= 4 is 33.1 Å². The van der Waals surface area contributed by atoms with Crippen LogP contribution in [0.25, 0.3) is 32.8 Å². The van der Waals surface area contributed by atoms with Crippen molar-refractivity contribution in [3.63, 3.8) is 0 Å². The summed E-state index contributed by atoms with van der Waals surface area (Å²) in [4.78, 5) is 19.8. The van der Waals surface area contributed by atoms with E-state index in [4.69, 9.17) is 9.40 Å². The largest absolute Gasteiger partial charge is 0.464 e. The number of fused-ring (bicyclic) bond motifs is 6. The van der Waals surface area contributed by atoms with Gasteiger partial charge >= 0.3 is 0 Å². The molecule has 5 aromatic rings. The second kappa shape index (κ2) is 7.05. The maximum atomic E-state index is 13.2. The molecule has 7 rings (SSSR count). The maximum Gasteiger partial charge on any atom is 0.265 e. The molecule has 2 aromatic carbocycles. The lowest BCUT2D eigenvalue weighted by atomic mass is 9.85. The topological polar surface area (TPSA) is 67.2 Å². The van der Waals surface area contributed by atoms with Crippen LogP contribution < -0.4 is 10.6 Å². The van der Waals surface area contributed by atoms with Crippen molar-refractivity contribution in [3.05, 3.63) is 94.6 Å². The van der Waals surface area contributed by atoms with Crippen molar-refractivity contribution in [2.45, 2.75) is 19.0 Å². The van der Waals surface area contributed by atoms with Gasteiger partial charge in [0.05, 0.1) is 17.6 Å². The molecule has 4 heterocycles. The van der Waals surface area contributed by atoms with Crippen LogP contribution in [0.2, 0.25) is 0 Å². The van der Waals surface area contributed by atoms with E-state index >= 15 is 0 Å². The molecular formula is C27H19N3O2S. The summed E-state index contributed by atoms with van der Waals surface area (Å²) in [5.74, 6) is 0.729. The molecule has 1 aliphatic carbocycles. The summed E-state index contributed by atoms with van der Waals surface area (Å²) in [6, 6.07) is 22.3. The molecule has 1 amide bonds. The van der Waals surface area contributed by atoms with Gasteiger partial charge in [-0.25, -0.2) is 4.98 Å². The summed E-state index contributed by atoms with van der Waals surface area (Å²) in [7, 11) is 0. The van der Waals surface area contributed by atoms with Crippen LogP contribution in [0.4, 0.5) is 5.69 Å². The standard InChI is InChI=1S/C27H19N3O2S/c31-26-24-23(28-25(30-26)16-8-2-1-3-9-16)21-20(19-11-6-14-32-19)18-13-12-15-7-4-5-10-17(15)22(18)29-27(21)33-24/h1-11,14,25,28H,12-13H2,(H,30,31). The fourth-order valence-electron chi connectivity index (χ4n) is 5.04. The Morgan fingerprint density at radius 3 is 2.64 bits per heavy atom.